The minimum Gasteiger partial charge on any atom is -0.352 e. The molecule has 0 aromatic rings. The molecule has 110 valence electrons. The first-order valence-corrected chi connectivity index (χ1v) is 8.15. The van der Waals surface area contributed by atoms with Crippen LogP contribution in [0, 0.1) is 11.8 Å². The van der Waals surface area contributed by atoms with Crippen LogP contribution >= 0.6 is 0 Å². The van der Waals surface area contributed by atoms with Crippen LogP contribution in [0.1, 0.15) is 58.8 Å². The van der Waals surface area contributed by atoms with Crippen LogP contribution in [0.4, 0.5) is 0 Å². The molecule has 3 nitrogen and oxygen atoms in total. The zero-order valence-corrected chi connectivity index (χ0v) is 12.7. The van der Waals surface area contributed by atoms with Crippen molar-refractivity contribution in [3.63, 3.8) is 0 Å². The number of nitrogens with one attached hydrogen (secondary N) is 1. The molecule has 2 rings (SSSR count). The monoisotopic (exact) mass is 266 g/mol. The van der Waals surface area contributed by atoms with Gasteiger partial charge in [0.1, 0.15) is 0 Å². The Hall–Kier alpha value is -0.570. The molecular formula is C16H30N2O. The summed E-state index contributed by atoms with van der Waals surface area (Å²) in [5.74, 6) is 1.71. The predicted molar refractivity (Wildman–Crippen MR) is 79.0 cm³/mol. The first-order valence-electron chi connectivity index (χ1n) is 8.15. The van der Waals surface area contributed by atoms with Crippen LogP contribution in [-0.2, 0) is 4.79 Å². The predicted octanol–water partition coefficient (Wildman–Crippen LogP) is 2.80. The fraction of sp³-hybridized carbons (Fsp3) is 0.938. The van der Waals surface area contributed by atoms with E-state index in [1.165, 1.54) is 44.9 Å². The van der Waals surface area contributed by atoms with Gasteiger partial charge in [-0.25, -0.2) is 0 Å². The summed E-state index contributed by atoms with van der Waals surface area (Å²) in [4.78, 5) is 14.5. The third-order valence-electron chi connectivity index (χ3n) is 4.53. The maximum atomic E-state index is 12.2. The minimum atomic E-state index is 0.244. The number of carbonyl (C=O) groups is 1. The standard InChI is InChI=1S/C16H30N2O/c1-13-9-14(2)11-18(10-13)12-16(19)17-15-7-5-3-4-6-8-15/h13-15H,3-12H2,1-2H3,(H,17,19)/t13-,14+. The molecule has 1 aliphatic heterocycles. The molecule has 2 fully saturated rings. The van der Waals surface area contributed by atoms with Crippen molar-refractivity contribution in [2.24, 2.45) is 11.8 Å². The van der Waals surface area contributed by atoms with Gasteiger partial charge in [-0.2, -0.15) is 0 Å². The molecule has 0 unspecified atom stereocenters. The summed E-state index contributed by atoms with van der Waals surface area (Å²) in [6.07, 6.45) is 8.91. The molecule has 0 spiro atoms. The largest absolute Gasteiger partial charge is 0.352 e. The van der Waals surface area contributed by atoms with E-state index in [-0.39, 0.29) is 5.91 Å². The van der Waals surface area contributed by atoms with E-state index in [9.17, 15) is 4.79 Å². The average Bonchev–Trinajstić information content (AvgIpc) is 2.55. The first-order chi connectivity index (χ1) is 9.13. The zero-order chi connectivity index (χ0) is 13.7. The van der Waals surface area contributed by atoms with Gasteiger partial charge in [0.2, 0.25) is 5.91 Å². The molecule has 3 heteroatoms. The Morgan fingerprint density at radius 2 is 1.63 bits per heavy atom. The molecule has 1 saturated carbocycles. The number of nitrogens with zero attached hydrogens (tertiary/aromatic N) is 1. The van der Waals surface area contributed by atoms with Crippen molar-refractivity contribution < 1.29 is 4.79 Å². The lowest BCUT2D eigenvalue weighted by molar-refractivity contribution is -0.123. The molecule has 0 aromatic heterocycles. The maximum absolute atomic E-state index is 12.2. The maximum Gasteiger partial charge on any atom is 0.234 e. The van der Waals surface area contributed by atoms with E-state index in [1.807, 2.05) is 0 Å². The second-order valence-corrected chi connectivity index (χ2v) is 6.90. The molecule has 19 heavy (non-hydrogen) atoms. The summed E-state index contributed by atoms with van der Waals surface area (Å²) in [5, 5.41) is 3.26. The van der Waals surface area contributed by atoms with Crippen molar-refractivity contribution in [3.8, 4) is 0 Å². The molecule has 2 atom stereocenters. The minimum absolute atomic E-state index is 0.244. The molecule has 0 bridgehead atoms. The Labute approximate surface area is 118 Å². The van der Waals surface area contributed by atoms with Gasteiger partial charge >= 0.3 is 0 Å². The van der Waals surface area contributed by atoms with Crippen molar-refractivity contribution in [1.29, 1.82) is 0 Å². The Morgan fingerprint density at radius 3 is 2.21 bits per heavy atom. The molecule has 1 saturated heterocycles. The lowest BCUT2D eigenvalue weighted by atomic mass is 9.92. The van der Waals surface area contributed by atoms with Crippen molar-refractivity contribution in [3.05, 3.63) is 0 Å². The Kier molecular flexibility index (Phi) is 5.68. The van der Waals surface area contributed by atoms with Crippen LogP contribution in [0.25, 0.3) is 0 Å². The quantitative estimate of drug-likeness (QED) is 0.797. The topological polar surface area (TPSA) is 32.3 Å². The summed E-state index contributed by atoms with van der Waals surface area (Å²) in [6.45, 7) is 7.37. The smallest absolute Gasteiger partial charge is 0.234 e. The molecule has 0 aromatic carbocycles. The van der Waals surface area contributed by atoms with Crippen molar-refractivity contribution in [2.45, 2.75) is 64.8 Å². The SMILES string of the molecule is C[C@@H]1C[C@H](C)CN(CC(=O)NC2CCCCCC2)C1. The van der Waals surface area contributed by atoms with E-state index in [0.717, 1.165) is 24.9 Å². The van der Waals surface area contributed by atoms with Gasteiger partial charge in [0.05, 0.1) is 6.54 Å². The van der Waals surface area contributed by atoms with Gasteiger partial charge in [0.15, 0.2) is 0 Å². The highest BCUT2D eigenvalue weighted by molar-refractivity contribution is 5.78. The summed E-state index contributed by atoms with van der Waals surface area (Å²) in [7, 11) is 0. The second kappa shape index (κ2) is 7.28. The van der Waals surface area contributed by atoms with Crippen LogP contribution in [0.15, 0.2) is 0 Å². The van der Waals surface area contributed by atoms with Gasteiger partial charge in [-0.05, 0) is 31.1 Å². The summed E-state index contributed by atoms with van der Waals surface area (Å²) < 4.78 is 0. The van der Waals surface area contributed by atoms with Crippen molar-refractivity contribution in [1.82, 2.24) is 10.2 Å². The Morgan fingerprint density at radius 1 is 1.05 bits per heavy atom. The summed E-state index contributed by atoms with van der Waals surface area (Å²) in [5.41, 5.74) is 0. The second-order valence-electron chi connectivity index (χ2n) is 6.90. The molecule has 0 radical (unpaired) electrons. The van der Waals surface area contributed by atoms with Crippen molar-refractivity contribution >= 4 is 5.91 Å². The van der Waals surface area contributed by atoms with Gasteiger partial charge in [-0.3, -0.25) is 9.69 Å². The number of piperidine rings is 1. The van der Waals surface area contributed by atoms with Crippen LogP contribution in [-0.4, -0.2) is 36.5 Å². The van der Waals surface area contributed by atoms with Gasteiger partial charge in [0.25, 0.3) is 0 Å². The number of likely N-dealkylation sites (tertiary alicyclic amines) is 1. The van der Waals surface area contributed by atoms with Crippen LogP contribution in [0.2, 0.25) is 0 Å². The van der Waals surface area contributed by atoms with E-state index in [2.05, 4.69) is 24.1 Å². The van der Waals surface area contributed by atoms with E-state index in [4.69, 9.17) is 0 Å². The lowest BCUT2D eigenvalue weighted by Crippen LogP contribution is -2.46. The van der Waals surface area contributed by atoms with E-state index < -0.39 is 0 Å². The number of amides is 1. The third-order valence-corrected chi connectivity index (χ3v) is 4.53. The zero-order valence-electron chi connectivity index (χ0n) is 12.7. The first kappa shape index (κ1) is 14.8. The summed E-state index contributed by atoms with van der Waals surface area (Å²) >= 11 is 0. The Bertz CT molecular complexity index is 274. The number of carbonyl (C=O) groups excluding carboxylic acids is 1. The molecule has 2 aliphatic rings. The average molecular weight is 266 g/mol. The van der Waals surface area contributed by atoms with E-state index in [1.54, 1.807) is 0 Å². The number of rotatable bonds is 3. The van der Waals surface area contributed by atoms with E-state index in [0.29, 0.717) is 12.6 Å². The normalized spacial score (nSPS) is 30.8. The van der Waals surface area contributed by atoms with Gasteiger partial charge in [0, 0.05) is 19.1 Å². The van der Waals surface area contributed by atoms with Crippen molar-refractivity contribution in [2.75, 3.05) is 19.6 Å². The highest BCUT2D eigenvalue weighted by Crippen LogP contribution is 2.21. The fourth-order valence-corrected chi connectivity index (χ4v) is 3.82. The van der Waals surface area contributed by atoms with Gasteiger partial charge in [-0.15, -0.1) is 0 Å². The molecule has 1 amide bonds. The molecule has 1 N–H and O–H groups in total. The molecule has 1 aliphatic carbocycles. The highest BCUT2D eigenvalue weighted by atomic mass is 16.2. The lowest BCUT2D eigenvalue weighted by Gasteiger charge is -2.34. The molecule has 1 heterocycles. The summed E-state index contributed by atoms with van der Waals surface area (Å²) in [6, 6.07) is 0.439. The van der Waals surface area contributed by atoms with Gasteiger partial charge < -0.3 is 5.32 Å². The van der Waals surface area contributed by atoms with Crippen LogP contribution in [0.3, 0.4) is 0 Å². The Balaban J connectivity index is 1.73. The van der Waals surface area contributed by atoms with E-state index >= 15 is 0 Å². The third kappa shape index (κ3) is 5.13. The van der Waals surface area contributed by atoms with Gasteiger partial charge in [-0.1, -0.05) is 39.5 Å². The van der Waals surface area contributed by atoms with Crippen LogP contribution in [0.5, 0.6) is 0 Å². The number of hydrogen-bond acceptors (Lipinski definition) is 2. The highest BCUT2D eigenvalue weighted by Gasteiger charge is 2.24. The molecular weight excluding hydrogens is 236 g/mol. The fourth-order valence-electron chi connectivity index (χ4n) is 3.82. The number of hydrogen-bond donors (Lipinski definition) is 1. The van der Waals surface area contributed by atoms with Crippen LogP contribution < -0.4 is 5.32 Å².